The van der Waals surface area contributed by atoms with Gasteiger partial charge in [0.1, 0.15) is 0 Å². The number of ether oxygens (including phenoxy) is 1. The van der Waals surface area contributed by atoms with Gasteiger partial charge >= 0.3 is 0 Å². The van der Waals surface area contributed by atoms with Crippen molar-refractivity contribution in [2.45, 2.75) is 18.7 Å². The second-order valence-corrected chi connectivity index (χ2v) is 6.81. The molecule has 0 bridgehead atoms. The lowest BCUT2D eigenvalue weighted by Crippen LogP contribution is -2.25. The molecule has 4 nitrogen and oxygen atoms in total. The summed E-state index contributed by atoms with van der Waals surface area (Å²) in [6.07, 6.45) is 3.24. The van der Waals surface area contributed by atoms with Crippen molar-refractivity contribution < 1.29 is 13.2 Å². The number of para-hydroxylation sites is 1. The van der Waals surface area contributed by atoms with E-state index >= 15 is 0 Å². The smallest absolute Gasteiger partial charge is 0.268 e. The third kappa shape index (κ3) is 4.43. The molecule has 0 aliphatic carbocycles. The highest BCUT2D eigenvalue weighted by Gasteiger charge is 2.22. The number of aryl methyl sites for hydroxylation is 1. The summed E-state index contributed by atoms with van der Waals surface area (Å²) in [6, 6.07) is 15.8. The average molecular weight is 331 g/mol. The largest absolute Gasteiger partial charge is 0.378 e. The molecule has 0 fully saturated rings. The summed E-state index contributed by atoms with van der Waals surface area (Å²) in [6.45, 7) is 4.77. The van der Waals surface area contributed by atoms with Crippen molar-refractivity contribution in [1.29, 1.82) is 0 Å². The van der Waals surface area contributed by atoms with Crippen LogP contribution >= 0.6 is 0 Å². The van der Waals surface area contributed by atoms with Crippen molar-refractivity contribution in [2.75, 3.05) is 17.5 Å². The van der Waals surface area contributed by atoms with Gasteiger partial charge in [-0.1, -0.05) is 35.9 Å². The molecule has 0 saturated heterocycles. The van der Waals surface area contributed by atoms with Crippen molar-refractivity contribution in [3.05, 3.63) is 72.4 Å². The summed E-state index contributed by atoms with van der Waals surface area (Å²) in [7, 11) is -3.67. The van der Waals surface area contributed by atoms with Crippen LogP contribution in [0.4, 0.5) is 5.69 Å². The van der Waals surface area contributed by atoms with E-state index in [0.717, 1.165) is 5.56 Å². The lowest BCUT2D eigenvalue weighted by molar-refractivity contribution is 0.177. The van der Waals surface area contributed by atoms with Crippen molar-refractivity contribution in [2.24, 2.45) is 0 Å². The van der Waals surface area contributed by atoms with E-state index in [4.69, 9.17) is 4.74 Å². The molecule has 5 heteroatoms. The molecule has 0 aromatic heterocycles. The second kappa shape index (κ2) is 7.94. The van der Waals surface area contributed by atoms with Crippen LogP contribution in [0.2, 0.25) is 0 Å². The standard InChI is InChI=1S/C18H21NO3S/c1-3-22-15-7-14-19(17-8-5-4-6-9-17)23(20,21)18-12-10-16(2)11-13-18/h4-14H,3,15H2,1-2H3/b14-7+. The first kappa shape index (κ1) is 17.2. The van der Waals surface area contributed by atoms with Crippen LogP contribution in [0.5, 0.6) is 0 Å². The Bertz CT molecular complexity index is 738. The normalized spacial score (nSPS) is 11.7. The van der Waals surface area contributed by atoms with Crippen LogP contribution in [0, 0.1) is 6.92 Å². The predicted molar refractivity (Wildman–Crippen MR) is 92.9 cm³/mol. The Kier molecular flexibility index (Phi) is 5.96. The van der Waals surface area contributed by atoms with E-state index in [2.05, 4.69) is 0 Å². The molecular formula is C18H21NO3S. The van der Waals surface area contributed by atoms with Gasteiger partial charge in [-0.3, -0.25) is 0 Å². The van der Waals surface area contributed by atoms with Crippen LogP contribution in [0.1, 0.15) is 12.5 Å². The van der Waals surface area contributed by atoms with Crippen LogP contribution in [0.3, 0.4) is 0 Å². The first-order valence-corrected chi connectivity index (χ1v) is 8.90. The van der Waals surface area contributed by atoms with E-state index in [1.807, 2.05) is 32.0 Å². The number of hydrogen-bond donors (Lipinski definition) is 0. The topological polar surface area (TPSA) is 46.6 Å². The molecule has 0 spiro atoms. The number of hydrogen-bond acceptors (Lipinski definition) is 3. The summed E-state index contributed by atoms with van der Waals surface area (Å²) in [5.74, 6) is 0. The first-order chi connectivity index (χ1) is 11.1. The molecule has 0 amide bonds. The molecular weight excluding hydrogens is 310 g/mol. The molecule has 2 rings (SSSR count). The molecule has 0 radical (unpaired) electrons. The van der Waals surface area contributed by atoms with Crippen molar-refractivity contribution in [3.8, 4) is 0 Å². The lowest BCUT2D eigenvalue weighted by atomic mass is 10.2. The molecule has 0 N–H and O–H groups in total. The zero-order valence-electron chi connectivity index (χ0n) is 13.3. The quantitative estimate of drug-likeness (QED) is 0.726. The van der Waals surface area contributed by atoms with Gasteiger partial charge in [0, 0.05) is 12.8 Å². The van der Waals surface area contributed by atoms with Crippen LogP contribution < -0.4 is 4.31 Å². The van der Waals surface area contributed by atoms with E-state index in [1.165, 1.54) is 4.31 Å². The molecule has 0 saturated carbocycles. The third-order valence-electron chi connectivity index (χ3n) is 3.25. The minimum Gasteiger partial charge on any atom is -0.378 e. The van der Waals surface area contributed by atoms with Crippen LogP contribution in [-0.2, 0) is 14.8 Å². The maximum Gasteiger partial charge on any atom is 0.268 e. The van der Waals surface area contributed by atoms with Gasteiger partial charge in [-0.2, -0.15) is 0 Å². The number of benzene rings is 2. The second-order valence-electron chi connectivity index (χ2n) is 4.99. The Balaban J connectivity index is 2.39. The summed E-state index contributed by atoms with van der Waals surface area (Å²) in [5, 5.41) is 0. The maximum atomic E-state index is 12.9. The fourth-order valence-electron chi connectivity index (χ4n) is 2.03. The summed E-state index contributed by atoms with van der Waals surface area (Å²) < 4.78 is 32.4. The summed E-state index contributed by atoms with van der Waals surface area (Å²) >= 11 is 0. The lowest BCUT2D eigenvalue weighted by Gasteiger charge is -2.20. The molecule has 0 aliphatic rings. The van der Waals surface area contributed by atoms with Crippen LogP contribution in [0.25, 0.3) is 0 Å². The average Bonchev–Trinajstić information content (AvgIpc) is 2.56. The fraction of sp³-hybridized carbons (Fsp3) is 0.222. The van der Waals surface area contributed by atoms with Gasteiger partial charge in [-0.15, -0.1) is 0 Å². The fourth-order valence-corrected chi connectivity index (χ4v) is 3.38. The van der Waals surface area contributed by atoms with Crippen LogP contribution in [-0.4, -0.2) is 21.6 Å². The summed E-state index contributed by atoms with van der Waals surface area (Å²) in [4.78, 5) is 0.257. The maximum absolute atomic E-state index is 12.9. The highest BCUT2D eigenvalue weighted by Crippen LogP contribution is 2.24. The number of rotatable bonds is 7. The third-order valence-corrected chi connectivity index (χ3v) is 4.97. The Labute approximate surface area is 138 Å². The van der Waals surface area contributed by atoms with Crippen LogP contribution in [0.15, 0.2) is 71.8 Å². The van der Waals surface area contributed by atoms with Gasteiger partial charge in [-0.05, 0) is 44.2 Å². The van der Waals surface area contributed by atoms with Gasteiger partial charge in [0.05, 0.1) is 17.2 Å². The Morgan fingerprint density at radius 1 is 1.04 bits per heavy atom. The van der Waals surface area contributed by atoms with Gasteiger partial charge in [0.25, 0.3) is 10.0 Å². The Morgan fingerprint density at radius 3 is 2.30 bits per heavy atom. The highest BCUT2D eigenvalue weighted by atomic mass is 32.2. The zero-order valence-corrected chi connectivity index (χ0v) is 14.2. The number of nitrogens with zero attached hydrogens (tertiary/aromatic N) is 1. The molecule has 0 atom stereocenters. The SMILES string of the molecule is CCOC/C=C/N(c1ccccc1)S(=O)(=O)c1ccc(C)cc1. The number of anilines is 1. The van der Waals surface area contributed by atoms with E-state index in [1.54, 1.807) is 48.7 Å². The molecule has 2 aromatic carbocycles. The first-order valence-electron chi connectivity index (χ1n) is 7.46. The van der Waals surface area contributed by atoms with Crippen molar-refractivity contribution in [3.63, 3.8) is 0 Å². The molecule has 0 unspecified atom stereocenters. The molecule has 2 aromatic rings. The van der Waals surface area contributed by atoms with E-state index in [-0.39, 0.29) is 4.90 Å². The van der Waals surface area contributed by atoms with Gasteiger partial charge in [-0.25, -0.2) is 12.7 Å². The monoisotopic (exact) mass is 331 g/mol. The van der Waals surface area contributed by atoms with Gasteiger partial charge < -0.3 is 4.74 Å². The van der Waals surface area contributed by atoms with Gasteiger partial charge in [0.15, 0.2) is 0 Å². The molecule has 23 heavy (non-hydrogen) atoms. The highest BCUT2D eigenvalue weighted by molar-refractivity contribution is 7.93. The van der Waals surface area contributed by atoms with E-state index < -0.39 is 10.0 Å². The van der Waals surface area contributed by atoms with Crippen molar-refractivity contribution >= 4 is 15.7 Å². The zero-order chi connectivity index (χ0) is 16.7. The predicted octanol–water partition coefficient (Wildman–Crippen LogP) is 3.74. The number of sulfonamides is 1. The minimum absolute atomic E-state index is 0.257. The van der Waals surface area contributed by atoms with E-state index in [9.17, 15) is 8.42 Å². The van der Waals surface area contributed by atoms with Gasteiger partial charge in [0.2, 0.25) is 0 Å². The molecule has 0 heterocycles. The Morgan fingerprint density at radius 2 is 1.70 bits per heavy atom. The molecule has 0 aliphatic heterocycles. The molecule has 122 valence electrons. The Hall–Kier alpha value is -2.11. The van der Waals surface area contributed by atoms with E-state index in [0.29, 0.717) is 18.9 Å². The minimum atomic E-state index is -3.67. The summed E-state index contributed by atoms with van der Waals surface area (Å²) in [5.41, 5.74) is 1.60. The van der Waals surface area contributed by atoms with Crippen molar-refractivity contribution in [1.82, 2.24) is 0 Å².